The second-order valence-corrected chi connectivity index (χ2v) is 15.0. The minimum absolute atomic E-state index is 0.170. The van der Waals surface area contributed by atoms with Crippen molar-refractivity contribution in [3.8, 4) is 0 Å². The van der Waals surface area contributed by atoms with Gasteiger partial charge in [0.2, 0.25) is 0 Å². The second-order valence-electron chi connectivity index (χ2n) is 15.0. The zero-order valence-corrected chi connectivity index (χ0v) is 24.0. The highest BCUT2D eigenvalue weighted by molar-refractivity contribution is 5.84. The van der Waals surface area contributed by atoms with E-state index in [0.717, 1.165) is 6.42 Å². The number of ether oxygens (including phenoxy) is 3. The highest BCUT2D eigenvalue weighted by atomic mass is 16.6. The summed E-state index contributed by atoms with van der Waals surface area (Å²) in [6.45, 7) is 21.0. The molecule has 200 valence electrons. The summed E-state index contributed by atoms with van der Waals surface area (Å²) in [5.41, 5.74) is -4.79. The van der Waals surface area contributed by atoms with Crippen molar-refractivity contribution in [2.45, 2.75) is 138 Å². The first-order valence-corrected chi connectivity index (χ1v) is 13.3. The Balaban J connectivity index is 2.08. The molecule has 4 aliphatic carbocycles. The van der Waals surface area contributed by atoms with E-state index >= 15 is 0 Å². The van der Waals surface area contributed by atoms with Gasteiger partial charge in [0.25, 0.3) is 0 Å². The van der Waals surface area contributed by atoms with Crippen LogP contribution >= 0.6 is 0 Å². The van der Waals surface area contributed by atoms with Crippen molar-refractivity contribution >= 4 is 17.9 Å². The predicted octanol–water partition coefficient (Wildman–Crippen LogP) is 6.38. The fourth-order valence-electron chi connectivity index (χ4n) is 6.96. The Bertz CT molecular complexity index is 840. The van der Waals surface area contributed by atoms with Gasteiger partial charge in [0, 0.05) is 5.41 Å². The molecule has 4 aliphatic rings. The minimum atomic E-state index is -0.851. The van der Waals surface area contributed by atoms with Gasteiger partial charge >= 0.3 is 17.9 Å². The molecule has 4 fully saturated rings. The first-order valence-electron chi connectivity index (χ1n) is 13.3. The molecular formula is C29H48O6. The third-order valence-corrected chi connectivity index (χ3v) is 8.79. The molecule has 0 aromatic rings. The van der Waals surface area contributed by atoms with Crippen molar-refractivity contribution in [1.29, 1.82) is 0 Å². The summed E-state index contributed by atoms with van der Waals surface area (Å²) in [5.74, 6) is -0.535. The fraction of sp³-hybridized carbons (Fsp3) is 0.897. The molecule has 0 aromatic carbocycles. The van der Waals surface area contributed by atoms with E-state index in [9.17, 15) is 14.4 Å². The zero-order chi connectivity index (χ0) is 26.9. The van der Waals surface area contributed by atoms with Gasteiger partial charge in [-0.2, -0.15) is 0 Å². The van der Waals surface area contributed by atoms with Crippen molar-refractivity contribution < 1.29 is 28.6 Å². The third-order valence-electron chi connectivity index (χ3n) is 8.79. The number of carbonyl (C=O) groups is 3. The fourth-order valence-corrected chi connectivity index (χ4v) is 6.96. The molecule has 0 aliphatic heterocycles. The van der Waals surface area contributed by atoms with E-state index in [0.29, 0.717) is 38.5 Å². The molecule has 4 bridgehead atoms. The molecular weight excluding hydrogens is 444 g/mol. The van der Waals surface area contributed by atoms with E-state index in [1.165, 1.54) is 0 Å². The van der Waals surface area contributed by atoms with Crippen molar-refractivity contribution in [1.82, 2.24) is 0 Å². The maximum Gasteiger partial charge on any atom is 0.312 e. The third kappa shape index (κ3) is 5.13. The topological polar surface area (TPSA) is 78.9 Å². The van der Waals surface area contributed by atoms with E-state index in [1.807, 2.05) is 76.2 Å². The first-order chi connectivity index (χ1) is 15.6. The van der Waals surface area contributed by atoms with E-state index in [1.54, 1.807) is 0 Å². The maximum atomic E-state index is 13.8. The second kappa shape index (κ2) is 8.21. The quantitative estimate of drug-likeness (QED) is 0.316. The predicted molar refractivity (Wildman–Crippen MR) is 134 cm³/mol. The Labute approximate surface area is 212 Å². The lowest BCUT2D eigenvalue weighted by Gasteiger charge is -2.67. The standard InChI is InChI=1S/C29H48O6/c1-12-25(8,9)20(30)35-26(10,11)29-15-19-13-27(17-29,21(31)33-23(2,3)4)16-28(14-19,18-29)22(32)34-24(5,6)7/h19H,12-18H2,1-11H3. The smallest absolute Gasteiger partial charge is 0.312 e. The number of rotatable bonds is 6. The molecule has 0 radical (unpaired) electrons. The van der Waals surface area contributed by atoms with Crippen LogP contribution < -0.4 is 0 Å². The molecule has 4 saturated carbocycles. The van der Waals surface area contributed by atoms with Gasteiger partial charge in [-0.25, -0.2) is 0 Å². The van der Waals surface area contributed by atoms with E-state index in [-0.39, 0.29) is 23.8 Å². The molecule has 6 nitrogen and oxygen atoms in total. The van der Waals surface area contributed by atoms with Crippen LogP contribution in [0.2, 0.25) is 0 Å². The lowest BCUT2D eigenvalue weighted by Crippen LogP contribution is -2.68. The Kier molecular flexibility index (Phi) is 6.56. The summed E-state index contributed by atoms with van der Waals surface area (Å²) >= 11 is 0. The minimum Gasteiger partial charge on any atom is -0.460 e. The largest absolute Gasteiger partial charge is 0.460 e. The SMILES string of the molecule is CCC(C)(C)C(=O)OC(C)(C)C12CC3CC(C(=O)OC(C)(C)C)(CC(C(=O)OC(C)(C)C)(C3)C1)C2. The Morgan fingerprint density at radius 2 is 1.11 bits per heavy atom. The average Bonchev–Trinajstić information content (AvgIpc) is 2.63. The van der Waals surface area contributed by atoms with Gasteiger partial charge in [-0.05, 0) is 120 Å². The molecule has 0 N–H and O–H groups in total. The Morgan fingerprint density at radius 3 is 1.49 bits per heavy atom. The van der Waals surface area contributed by atoms with E-state index in [4.69, 9.17) is 14.2 Å². The molecule has 0 aromatic heterocycles. The summed E-state index contributed by atoms with van der Waals surface area (Å²) in [4.78, 5) is 40.8. The summed E-state index contributed by atoms with van der Waals surface area (Å²) < 4.78 is 18.2. The molecule has 0 heterocycles. The summed E-state index contributed by atoms with van der Waals surface area (Å²) in [6, 6.07) is 0. The average molecular weight is 493 g/mol. The first kappa shape index (κ1) is 28.0. The molecule has 0 spiro atoms. The zero-order valence-electron chi connectivity index (χ0n) is 24.0. The monoisotopic (exact) mass is 492 g/mol. The molecule has 2 atom stereocenters. The van der Waals surface area contributed by atoms with Gasteiger partial charge in [0.05, 0.1) is 16.2 Å². The summed E-state index contributed by atoms with van der Waals surface area (Å²) in [7, 11) is 0. The van der Waals surface area contributed by atoms with Gasteiger partial charge < -0.3 is 14.2 Å². The molecule has 0 saturated heterocycles. The van der Waals surface area contributed by atoms with Crippen molar-refractivity contribution in [3.63, 3.8) is 0 Å². The van der Waals surface area contributed by atoms with Crippen LogP contribution in [0.25, 0.3) is 0 Å². The lowest BCUT2D eigenvalue weighted by atomic mass is 9.37. The van der Waals surface area contributed by atoms with Crippen molar-refractivity contribution in [3.05, 3.63) is 0 Å². The number of hydrogen-bond acceptors (Lipinski definition) is 6. The van der Waals surface area contributed by atoms with Crippen LogP contribution in [0, 0.1) is 27.6 Å². The van der Waals surface area contributed by atoms with Gasteiger partial charge in [-0.1, -0.05) is 6.92 Å². The van der Waals surface area contributed by atoms with Crippen LogP contribution in [0.15, 0.2) is 0 Å². The van der Waals surface area contributed by atoms with Crippen LogP contribution in [-0.4, -0.2) is 34.7 Å². The Hall–Kier alpha value is -1.59. The highest BCUT2D eigenvalue weighted by Crippen LogP contribution is 2.73. The van der Waals surface area contributed by atoms with Crippen LogP contribution in [0.5, 0.6) is 0 Å². The highest BCUT2D eigenvalue weighted by Gasteiger charge is 2.73. The molecule has 4 rings (SSSR count). The van der Waals surface area contributed by atoms with Crippen LogP contribution in [-0.2, 0) is 28.6 Å². The van der Waals surface area contributed by atoms with Crippen molar-refractivity contribution in [2.75, 3.05) is 0 Å². The molecule has 6 heteroatoms. The lowest BCUT2D eigenvalue weighted by molar-refractivity contribution is -0.250. The number of hydrogen-bond donors (Lipinski definition) is 0. The summed E-state index contributed by atoms with van der Waals surface area (Å²) in [6.07, 6.45) is 4.46. The van der Waals surface area contributed by atoms with Crippen LogP contribution in [0.1, 0.15) is 121 Å². The molecule has 0 amide bonds. The van der Waals surface area contributed by atoms with E-state index < -0.39 is 38.5 Å². The molecule has 2 unspecified atom stereocenters. The van der Waals surface area contributed by atoms with Crippen LogP contribution in [0.3, 0.4) is 0 Å². The molecule has 35 heavy (non-hydrogen) atoms. The number of carbonyl (C=O) groups excluding carboxylic acids is 3. The normalized spacial score (nSPS) is 32.8. The van der Waals surface area contributed by atoms with E-state index in [2.05, 4.69) is 0 Å². The van der Waals surface area contributed by atoms with Gasteiger partial charge in [0.15, 0.2) is 0 Å². The van der Waals surface area contributed by atoms with Gasteiger partial charge in [0.1, 0.15) is 16.8 Å². The van der Waals surface area contributed by atoms with Gasteiger partial charge in [-0.15, -0.1) is 0 Å². The van der Waals surface area contributed by atoms with Crippen LogP contribution in [0.4, 0.5) is 0 Å². The van der Waals surface area contributed by atoms with Crippen molar-refractivity contribution in [2.24, 2.45) is 27.6 Å². The van der Waals surface area contributed by atoms with Gasteiger partial charge in [-0.3, -0.25) is 14.4 Å². The Morgan fingerprint density at radius 1 is 0.686 bits per heavy atom. The maximum absolute atomic E-state index is 13.8. The summed E-state index contributed by atoms with van der Waals surface area (Å²) in [5, 5.41) is 0. The number of esters is 3.